The molecule has 0 spiro atoms. The predicted octanol–water partition coefficient (Wildman–Crippen LogP) is 2.45. The lowest BCUT2D eigenvalue weighted by Crippen LogP contribution is -2.40. The fraction of sp³-hybridized carbons (Fsp3) is 0.440. The molecule has 10 heteroatoms. The Morgan fingerprint density at radius 1 is 0.914 bits per heavy atom. The maximum Gasteiger partial charge on any atom is 0.257 e. The minimum atomic E-state index is -3.75. The number of rotatable bonds is 7. The molecule has 2 aliphatic heterocycles. The van der Waals surface area contributed by atoms with E-state index in [-0.39, 0.29) is 29.9 Å². The fourth-order valence-electron chi connectivity index (χ4n) is 4.46. The molecule has 186 valence electrons. The minimum absolute atomic E-state index is 0.0880. The van der Waals surface area contributed by atoms with E-state index in [0.29, 0.717) is 35.7 Å². The number of morpholine rings is 1. The molecule has 2 amide bonds. The van der Waals surface area contributed by atoms with Crippen molar-refractivity contribution >= 4 is 33.2 Å². The molecular weight excluding hydrogens is 468 g/mol. The zero-order valence-electron chi connectivity index (χ0n) is 19.5. The average Bonchev–Trinajstić information content (AvgIpc) is 3.52. The first-order valence-corrected chi connectivity index (χ1v) is 13.5. The number of sulfonamides is 1. The van der Waals surface area contributed by atoms with Crippen LogP contribution in [0.5, 0.6) is 0 Å². The van der Waals surface area contributed by atoms with Gasteiger partial charge in [0.15, 0.2) is 0 Å². The molecule has 0 radical (unpaired) electrons. The second kappa shape index (κ2) is 9.96. The third kappa shape index (κ3) is 5.34. The number of nitrogens with one attached hydrogen (secondary N) is 2. The van der Waals surface area contributed by atoms with Crippen molar-refractivity contribution in [1.29, 1.82) is 0 Å². The van der Waals surface area contributed by atoms with Crippen molar-refractivity contribution in [3.05, 3.63) is 53.6 Å². The van der Waals surface area contributed by atoms with Crippen molar-refractivity contribution in [2.45, 2.75) is 36.6 Å². The summed E-state index contributed by atoms with van der Waals surface area (Å²) in [5.41, 5.74) is 1.96. The standard InChI is InChI=1S/C25H30N4O5S/c30-24(26-19-6-7-19)18-4-3-5-20(16-18)27-25(31)22-17-21(8-9-23(22)28-10-1-2-11-28)35(32,33)29-12-14-34-15-13-29/h3-5,8-9,16-17,19H,1-2,6-7,10-15H2,(H,26,30)(H,27,31). The Morgan fingerprint density at radius 2 is 1.66 bits per heavy atom. The highest BCUT2D eigenvalue weighted by Gasteiger charge is 2.29. The second-order valence-corrected chi connectivity index (χ2v) is 11.1. The monoisotopic (exact) mass is 498 g/mol. The molecule has 2 heterocycles. The molecule has 0 aromatic heterocycles. The van der Waals surface area contributed by atoms with Gasteiger partial charge in [0, 0.05) is 49.2 Å². The Kier molecular flexibility index (Phi) is 6.77. The molecule has 1 saturated carbocycles. The topological polar surface area (TPSA) is 108 Å². The molecule has 3 aliphatic rings. The van der Waals surface area contributed by atoms with Crippen molar-refractivity contribution in [3.63, 3.8) is 0 Å². The van der Waals surface area contributed by atoms with Crippen LogP contribution in [0.15, 0.2) is 47.4 Å². The van der Waals surface area contributed by atoms with Gasteiger partial charge < -0.3 is 20.3 Å². The molecular formula is C25H30N4O5S. The predicted molar refractivity (Wildman–Crippen MR) is 132 cm³/mol. The first-order chi connectivity index (χ1) is 16.9. The van der Waals surface area contributed by atoms with Gasteiger partial charge in [0.05, 0.1) is 23.7 Å². The number of amides is 2. The lowest BCUT2D eigenvalue weighted by Gasteiger charge is -2.27. The van der Waals surface area contributed by atoms with Crippen molar-refractivity contribution in [3.8, 4) is 0 Å². The molecule has 2 aromatic rings. The van der Waals surface area contributed by atoms with Crippen LogP contribution in [0.1, 0.15) is 46.4 Å². The van der Waals surface area contributed by atoms with E-state index in [0.717, 1.165) is 38.8 Å². The Hall–Kier alpha value is -2.95. The Labute approximate surface area is 205 Å². The summed E-state index contributed by atoms with van der Waals surface area (Å²) in [7, 11) is -3.75. The van der Waals surface area contributed by atoms with Crippen LogP contribution in [0.4, 0.5) is 11.4 Å². The maximum absolute atomic E-state index is 13.4. The fourth-order valence-corrected chi connectivity index (χ4v) is 5.90. The molecule has 2 N–H and O–H groups in total. The van der Waals surface area contributed by atoms with E-state index in [1.54, 1.807) is 36.4 Å². The number of hydrogen-bond acceptors (Lipinski definition) is 6. The summed E-state index contributed by atoms with van der Waals surface area (Å²) >= 11 is 0. The van der Waals surface area contributed by atoms with Crippen LogP contribution in [-0.4, -0.2) is 70.0 Å². The van der Waals surface area contributed by atoms with Crippen LogP contribution in [0, 0.1) is 0 Å². The minimum Gasteiger partial charge on any atom is -0.379 e. The van der Waals surface area contributed by atoms with Crippen molar-refractivity contribution in [2.24, 2.45) is 0 Å². The van der Waals surface area contributed by atoms with E-state index in [1.165, 1.54) is 10.4 Å². The molecule has 0 unspecified atom stereocenters. The summed E-state index contributed by atoms with van der Waals surface area (Å²) < 4.78 is 33.2. The molecule has 3 fully saturated rings. The smallest absolute Gasteiger partial charge is 0.257 e. The van der Waals surface area contributed by atoms with Crippen molar-refractivity contribution in [1.82, 2.24) is 9.62 Å². The number of ether oxygens (including phenoxy) is 1. The van der Waals surface area contributed by atoms with E-state index in [2.05, 4.69) is 15.5 Å². The summed E-state index contributed by atoms with van der Waals surface area (Å²) in [6.45, 7) is 2.90. The lowest BCUT2D eigenvalue weighted by molar-refractivity contribution is 0.0730. The highest BCUT2D eigenvalue weighted by atomic mass is 32.2. The average molecular weight is 499 g/mol. The van der Waals surface area contributed by atoms with Gasteiger partial charge in [0.1, 0.15) is 0 Å². The van der Waals surface area contributed by atoms with Crippen molar-refractivity contribution < 1.29 is 22.7 Å². The van der Waals surface area contributed by atoms with Gasteiger partial charge in [-0.2, -0.15) is 4.31 Å². The summed E-state index contributed by atoms with van der Waals surface area (Å²) in [6, 6.07) is 11.8. The van der Waals surface area contributed by atoms with Gasteiger partial charge in [0.25, 0.3) is 11.8 Å². The van der Waals surface area contributed by atoms with Gasteiger partial charge in [0.2, 0.25) is 10.0 Å². The van der Waals surface area contributed by atoms with Crippen LogP contribution >= 0.6 is 0 Å². The Bertz CT molecular complexity index is 1220. The number of carbonyl (C=O) groups excluding carboxylic acids is 2. The Balaban J connectivity index is 1.43. The number of carbonyl (C=O) groups is 2. The molecule has 1 aliphatic carbocycles. The van der Waals surface area contributed by atoms with E-state index < -0.39 is 15.9 Å². The first-order valence-electron chi connectivity index (χ1n) is 12.1. The summed E-state index contributed by atoms with van der Waals surface area (Å²) in [6.07, 6.45) is 4.02. The normalized spacial score (nSPS) is 18.9. The SMILES string of the molecule is O=C(NC1CC1)c1cccc(NC(=O)c2cc(S(=O)(=O)N3CCOCC3)ccc2N2CCCC2)c1. The van der Waals surface area contributed by atoms with Gasteiger partial charge >= 0.3 is 0 Å². The van der Waals surface area contributed by atoms with Gasteiger partial charge in [-0.1, -0.05) is 6.07 Å². The van der Waals surface area contributed by atoms with E-state index in [4.69, 9.17) is 4.74 Å². The molecule has 0 atom stereocenters. The molecule has 9 nitrogen and oxygen atoms in total. The summed E-state index contributed by atoms with van der Waals surface area (Å²) in [4.78, 5) is 28.1. The quantitative estimate of drug-likeness (QED) is 0.607. The number of benzene rings is 2. The molecule has 0 bridgehead atoms. The number of hydrogen-bond donors (Lipinski definition) is 2. The zero-order valence-corrected chi connectivity index (χ0v) is 20.4. The van der Waals surface area contributed by atoms with Crippen LogP contribution < -0.4 is 15.5 Å². The molecule has 2 saturated heterocycles. The number of anilines is 2. The molecule has 2 aromatic carbocycles. The van der Waals surface area contributed by atoms with Gasteiger partial charge in [-0.05, 0) is 62.1 Å². The first kappa shape index (κ1) is 23.8. The summed E-state index contributed by atoms with van der Waals surface area (Å²) in [5.74, 6) is -0.578. The van der Waals surface area contributed by atoms with E-state index >= 15 is 0 Å². The lowest BCUT2D eigenvalue weighted by atomic mass is 10.1. The number of nitrogens with zero attached hydrogens (tertiary/aromatic N) is 2. The van der Waals surface area contributed by atoms with Crippen LogP contribution in [-0.2, 0) is 14.8 Å². The second-order valence-electron chi connectivity index (χ2n) is 9.17. The van der Waals surface area contributed by atoms with Crippen LogP contribution in [0.3, 0.4) is 0 Å². The highest BCUT2D eigenvalue weighted by Crippen LogP contribution is 2.30. The maximum atomic E-state index is 13.4. The van der Waals surface area contributed by atoms with Gasteiger partial charge in [-0.15, -0.1) is 0 Å². The zero-order chi connectivity index (χ0) is 24.4. The van der Waals surface area contributed by atoms with Gasteiger partial charge in [-0.25, -0.2) is 8.42 Å². The van der Waals surface area contributed by atoms with Crippen molar-refractivity contribution in [2.75, 3.05) is 49.6 Å². The van der Waals surface area contributed by atoms with Gasteiger partial charge in [-0.3, -0.25) is 9.59 Å². The molecule has 5 rings (SSSR count). The third-order valence-electron chi connectivity index (χ3n) is 6.56. The van der Waals surface area contributed by atoms with Crippen LogP contribution in [0.2, 0.25) is 0 Å². The largest absolute Gasteiger partial charge is 0.379 e. The molecule has 35 heavy (non-hydrogen) atoms. The highest BCUT2D eigenvalue weighted by molar-refractivity contribution is 7.89. The van der Waals surface area contributed by atoms with Crippen LogP contribution in [0.25, 0.3) is 0 Å². The van der Waals surface area contributed by atoms with E-state index in [1.807, 2.05) is 0 Å². The van der Waals surface area contributed by atoms with E-state index in [9.17, 15) is 18.0 Å². The Morgan fingerprint density at radius 3 is 2.37 bits per heavy atom. The third-order valence-corrected chi connectivity index (χ3v) is 8.46. The summed E-state index contributed by atoms with van der Waals surface area (Å²) in [5, 5.41) is 5.82.